The first-order chi connectivity index (χ1) is 8.69. The Morgan fingerprint density at radius 1 is 1.16 bits per heavy atom. The SMILES string of the molecule is CS(=O)(=O)c1[nH]c(-c2ccccc2)nc1C(F)(F)F. The Labute approximate surface area is 107 Å². The molecule has 19 heavy (non-hydrogen) atoms. The van der Waals surface area contributed by atoms with Crippen molar-refractivity contribution in [2.24, 2.45) is 0 Å². The van der Waals surface area contributed by atoms with Gasteiger partial charge >= 0.3 is 6.18 Å². The van der Waals surface area contributed by atoms with Crippen LogP contribution in [-0.2, 0) is 16.0 Å². The van der Waals surface area contributed by atoms with Crippen molar-refractivity contribution < 1.29 is 21.6 Å². The van der Waals surface area contributed by atoms with Crippen LogP contribution in [0.2, 0.25) is 0 Å². The number of aromatic nitrogens is 2. The van der Waals surface area contributed by atoms with Crippen LogP contribution in [0.4, 0.5) is 13.2 Å². The molecule has 0 aliphatic rings. The standard InChI is InChI=1S/C11H9F3N2O2S/c1-19(17,18)10-8(11(12,13)14)15-9(16-10)7-5-3-2-4-6-7/h2-6H,1H3,(H,15,16). The first-order valence-corrected chi connectivity index (χ1v) is 7.01. The number of H-pyrrole nitrogens is 1. The number of nitrogens with one attached hydrogen (secondary N) is 1. The fraction of sp³-hybridized carbons (Fsp3) is 0.182. The van der Waals surface area contributed by atoms with Gasteiger partial charge < -0.3 is 4.98 Å². The Kier molecular flexibility index (Phi) is 3.13. The van der Waals surface area contributed by atoms with Crippen LogP contribution in [0.3, 0.4) is 0 Å². The molecule has 4 nitrogen and oxygen atoms in total. The van der Waals surface area contributed by atoms with E-state index in [1.807, 2.05) is 0 Å². The molecular weight excluding hydrogens is 281 g/mol. The molecule has 0 aliphatic carbocycles. The van der Waals surface area contributed by atoms with Crippen molar-refractivity contribution in [2.75, 3.05) is 6.26 Å². The number of aromatic amines is 1. The second-order valence-corrected chi connectivity index (χ2v) is 5.85. The summed E-state index contributed by atoms with van der Waals surface area (Å²) in [6, 6.07) is 7.99. The lowest BCUT2D eigenvalue weighted by molar-refractivity contribution is -0.143. The van der Waals surface area contributed by atoms with Gasteiger partial charge in [-0.1, -0.05) is 30.3 Å². The normalized spacial score (nSPS) is 12.6. The number of rotatable bonds is 2. The van der Waals surface area contributed by atoms with Crippen molar-refractivity contribution in [2.45, 2.75) is 11.2 Å². The molecule has 2 rings (SSSR count). The smallest absolute Gasteiger partial charge is 0.329 e. The molecule has 0 bridgehead atoms. The Hall–Kier alpha value is -1.83. The van der Waals surface area contributed by atoms with Gasteiger partial charge in [0.25, 0.3) is 0 Å². The van der Waals surface area contributed by atoms with E-state index in [1.165, 1.54) is 12.1 Å². The molecule has 0 saturated carbocycles. The quantitative estimate of drug-likeness (QED) is 0.924. The van der Waals surface area contributed by atoms with E-state index in [1.54, 1.807) is 18.2 Å². The molecule has 1 N–H and O–H groups in total. The third-order valence-corrected chi connectivity index (χ3v) is 3.39. The minimum absolute atomic E-state index is 0.131. The van der Waals surface area contributed by atoms with Crippen molar-refractivity contribution >= 4 is 9.84 Å². The molecule has 2 aromatic rings. The molecule has 1 aromatic heterocycles. The summed E-state index contributed by atoms with van der Waals surface area (Å²) in [5.41, 5.74) is -1.04. The molecule has 1 aromatic carbocycles. The van der Waals surface area contributed by atoms with Crippen LogP contribution in [0.1, 0.15) is 5.69 Å². The maximum absolute atomic E-state index is 12.8. The highest BCUT2D eigenvalue weighted by Crippen LogP contribution is 2.34. The molecule has 0 saturated heterocycles. The molecule has 0 aliphatic heterocycles. The predicted octanol–water partition coefficient (Wildman–Crippen LogP) is 2.50. The fourth-order valence-electron chi connectivity index (χ4n) is 1.55. The topological polar surface area (TPSA) is 62.8 Å². The summed E-state index contributed by atoms with van der Waals surface area (Å²) in [5, 5.41) is -0.918. The van der Waals surface area contributed by atoms with Crippen LogP contribution >= 0.6 is 0 Å². The van der Waals surface area contributed by atoms with Crippen LogP contribution in [0.15, 0.2) is 35.4 Å². The van der Waals surface area contributed by atoms with Gasteiger partial charge in [-0.15, -0.1) is 0 Å². The lowest BCUT2D eigenvalue weighted by atomic mass is 10.2. The van der Waals surface area contributed by atoms with Gasteiger partial charge in [-0.25, -0.2) is 13.4 Å². The van der Waals surface area contributed by atoms with Crippen LogP contribution in [0, 0.1) is 0 Å². The minimum Gasteiger partial charge on any atom is -0.329 e. The first-order valence-electron chi connectivity index (χ1n) is 5.12. The Morgan fingerprint density at radius 3 is 2.16 bits per heavy atom. The first kappa shape index (κ1) is 13.6. The molecule has 102 valence electrons. The monoisotopic (exact) mass is 290 g/mol. The third-order valence-electron chi connectivity index (χ3n) is 2.36. The minimum atomic E-state index is -4.83. The number of hydrogen-bond acceptors (Lipinski definition) is 3. The predicted molar refractivity (Wildman–Crippen MR) is 62.1 cm³/mol. The van der Waals surface area contributed by atoms with Crippen molar-refractivity contribution in [1.29, 1.82) is 0 Å². The highest BCUT2D eigenvalue weighted by molar-refractivity contribution is 7.90. The zero-order valence-electron chi connectivity index (χ0n) is 9.69. The number of alkyl halides is 3. The van der Waals surface area contributed by atoms with Crippen LogP contribution in [0.25, 0.3) is 11.4 Å². The molecule has 0 fully saturated rings. The lowest BCUT2D eigenvalue weighted by Gasteiger charge is -2.03. The molecule has 0 atom stereocenters. The van der Waals surface area contributed by atoms with Crippen molar-refractivity contribution in [1.82, 2.24) is 9.97 Å². The Balaban J connectivity index is 2.66. The number of benzene rings is 1. The highest BCUT2D eigenvalue weighted by Gasteiger charge is 2.40. The van der Waals surface area contributed by atoms with Gasteiger partial charge in [0, 0.05) is 11.8 Å². The van der Waals surface area contributed by atoms with E-state index >= 15 is 0 Å². The number of sulfone groups is 1. The Morgan fingerprint density at radius 2 is 1.74 bits per heavy atom. The second kappa shape index (κ2) is 4.37. The van der Waals surface area contributed by atoms with E-state index in [2.05, 4.69) is 9.97 Å². The molecule has 0 unspecified atom stereocenters. The average Bonchev–Trinajstić information content (AvgIpc) is 2.74. The number of hydrogen-bond donors (Lipinski definition) is 1. The number of imidazole rings is 1. The fourth-order valence-corrected chi connectivity index (χ4v) is 2.35. The molecule has 8 heteroatoms. The van der Waals surface area contributed by atoms with E-state index in [9.17, 15) is 21.6 Å². The zero-order valence-corrected chi connectivity index (χ0v) is 10.5. The van der Waals surface area contributed by atoms with E-state index in [0.29, 0.717) is 11.8 Å². The summed E-state index contributed by atoms with van der Waals surface area (Å²) in [6.45, 7) is 0. The van der Waals surface area contributed by atoms with Gasteiger partial charge in [-0.05, 0) is 0 Å². The summed E-state index contributed by atoms with van der Waals surface area (Å²) in [6.07, 6.45) is -4.13. The van der Waals surface area contributed by atoms with Gasteiger partial charge in [0.05, 0.1) is 0 Å². The molecule has 0 amide bonds. The van der Waals surface area contributed by atoms with Gasteiger partial charge in [0.1, 0.15) is 5.82 Å². The lowest BCUT2D eigenvalue weighted by Crippen LogP contribution is -2.12. The highest BCUT2D eigenvalue weighted by atomic mass is 32.2. The summed E-state index contributed by atoms with van der Waals surface area (Å²) >= 11 is 0. The zero-order chi connectivity index (χ0) is 14.3. The van der Waals surface area contributed by atoms with Crippen LogP contribution < -0.4 is 0 Å². The van der Waals surface area contributed by atoms with Gasteiger partial charge in [0.15, 0.2) is 20.6 Å². The third kappa shape index (κ3) is 2.78. The summed E-state index contributed by atoms with van der Waals surface area (Å²) in [4.78, 5) is 5.58. The average molecular weight is 290 g/mol. The molecule has 0 spiro atoms. The van der Waals surface area contributed by atoms with Gasteiger partial charge in [-0.2, -0.15) is 13.2 Å². The van der Waals surface area contributed by atoms with E-state index in [0.717, 1.165) is 0 Å². The Bertz CT molecular complexity index is 690. The van der Waals surface area contributed by atoms with Crippen molar-refractivity contribution in [3.8, 4) is 11.4 Å². The van der Waals surface area contributed by atoms with Crippen molar-refractivity contribution in [3.05, 3.63) is 36.0 Å². The maximum atomic E-state index is 12.8. The van der Waals surface area contributed by atoms with Crippen molar-refractivity contribution in [3.63, 3.8) is 0 Å². The van der Waals surface area contributed by atoms with Crippen LogP contribution in [-0.4, -0.2) is 24.6 Å². The molecule has 1 heterocycles. The largest absolute Gasteiger partial charge is 0.436 e. The van der Waals surface area contributed by atoms with Gasteiger partial charge in [-0.3, -0.25) is 0 Å². The maximum Gasteiger partial charge on any atom is 0.436 e. The summed E-state index contributed by atoms with van der Waals surface area (Å²) in [7, 11) is -4.04. The van der Waals surface area contributed by atoms with E-state index < -0.39 is 26.7 Å². The van der Waals surface area contributed by atoms with E-state index in [4.69, 9.17) is 0 Å². The van der Waals surface area contributed by atoms with Crippen LogP contribution in [0.5, 0.6) is 0 Å². The molecular formula is C11H9F3N2O2S. The second-order valence-electron chi connectivity index (χ2n) is 3.90. The number of halogens is 3. The molecule has 0 radical (unpaired) electrons. The van der Waals surface area contributed by atoms with E-state index in [-0.39, 0.29) is 5.82 Å². The number of nitrogens with zero attached hydrogens (tertiary/aromatic N) is 1. The van der Waals surface area contributed by atoms with Gasteiger partial charge in [0.2, 0.25) is 0 Å². The summed E-state index contributed by atoms with van der Waals surface area (Å²) < 4.78 is 61.0. The summed E-state index contributed by atoms with van der Waals surface area (Å²) in [5.74, 6) is -0.131.